The standard InChI is InChI=1S/C14H17NO/c1-4-11-5-6-12-9-15(8-10(2)3)14(16)13(12)7-11/h4-7,10H,1,8-9H2,2-3H3. The van der Waals surface area contributed by atoms with Gasteiger partial charge in [0.25, 0.3) is 5.91 Å². The van der Waals surface area contributed by atoms with Crippen LogP contribution in [0.25, 0.3) is 6.08 Å². The highest BCUT2D eigenvalue weighted by Crippen LogP contribution is 2.24. The average Bonchev–Trinajstić information content (AvgIpc) is 2.55. The Bertz CT molecular complexity index is 434. The van der Waals surface area contributed by atoms with E-state index in [9.17, 15) is 4.79 Å². The third-order valence-corrected chi connectivity index (χ3v) is 2.83. The summed E-state index contributed by atoms with van der Waals surface area (Å²) in [5.74, 6) is 0.671. The maximum absolute atomic E-state index is 12.1. The Hall–Kier alpha value is -1.57. The van der Waals surface area contributed by atoms with E-state index >= 15 is 0 Å². The van der Waals surface area contributed by atoms with Gasteiger partial charge in [-0.25, -0.2) is 0 Å². The number of rotatable bonds is 3. The van der Waals surface area contributed by atoms with Gasteiger partial charge in [0.05, 0.1) is 0 Å². The molecule has 0 aromatic heterocycles. The minimum atomic E-state index is 0.160. The van der Waals surface area contributed by atoms with Gasteiger partial charge in [-0.05, 0) is 23.1 Å². The highest BCUT2D eigenvalue weighted by Gasteiger charge is 2.27. The molecule has 2 rings (SSSR count). The van der Waals surface area contributed by atoms with Crippen LogP contribution in [-0.2, 0) is 6.54 Å². The fourth-order valence-corrected chi connectivity index (χ4v) is 2.09. The van der Waals surface area contributed by atoms with Crippen molar-refractivity contribution in [2.45, 2.75) is 20.4 Å². The lowest BCUT2D eigenvalue weighted by Gasteiger charge is -2.17. The van der Waals surface area contributed by atoms with Crippen LogP contribution in [0.2, 0.25) is 0 Å². The summed E-state index contributed by atoms with van der Waals surface area (Å²) in [7, 11) is 0. The molecular formula is C14H17NO. The number of benzene rings is 1. The lowest BCUT2D eigenvalue weighted by atomic mass is 10.1. The summed E-state index contributed by atoms with van der Waals surface area (Å²) in [6.07, 6.45) is 1.78. The van der Waals surface area contributed by atoms with Crippen LogP contribution in [0, 0.1) is 5.92 Å². The van der Waals surface area contributed by atoms with E-state index in [0.717, 1.165) is 29.8 Å². The van der Waals surface area contributed by atoms with Gasteiger partial charge < -0.3 is 4.90 Å². The normalized spacial score (nSPS) is 14.4. The second kappa shape index (κ2) is 4.12. The summed E-state index contributed by atoms with van der Waals surface area (Å²) in [6.45, 7) is 9.57. The number of carbonyl (C=O) groups excluding carboxylic acids is 1. The lowest BCUT2D eigenvalue weighted by molar-refractivity contribution is 0.0760. The number of hydrogen-bond acceptors (Lipinski definition) is 1. The molecule has 2 heteroatoms. The molecule has 16 heavy (non-hydrogen) atoms. The van der Waals surface area contributed by atoms with Gasteiger partial charge in [0, 0.05) is 18.7 Å². The van der Waals surface area contributed by atoms with Crippen molar-refractivity contribution in [1.82, 2.24) is 4.90 Å². The summed E-state index contributed by atoms with van der Waals surface area (Å²) in [5.41, 5.74) is 2.99. The molecule has 1 aliphatic heterocycles. The summed E-state index contributed by atoms with van der Waals surface area (Å²) >= 11 is 0. The molecule has 0 aliphatic carbocycles. The Morgan fingerprint density at radius 3 is 2.88 bits per heavy atom. The first-order valence-corrected chi connectivity index (χ1v) is 5.66. The topological polar surface area (TPSA) is 20.3 Å². The molecule has 0 bridgehead atoms. The molecule has 0 atom stereocenters. The molecule has 0 saturated carbocycles. The lowest BCUT2D eigenvalue weighted by Crippen LogP contribution is -2.27. The molecule has 0 radical (unpaired) electrons. The van der Waals surface area contributed by atoms with Crippen LogP contribution in [0.3, 0.4) is 0 Å². The van der Waals surface area contributed by atoms with Crippen LogP contribution < -0.4 is 0 Å². The van der Waals surface area contributed by atoms with Crippen molar-refractivity contribution in [2.75, 3.05) is 6.54 Å². The molecule has 84 valence electrons. The zero-order valence-corrected chi connectivity index (χ0v) is 9.86. The first-order chi connectivity index (χ1) is 7.61. The van der Waals surface area contributed by atoms with Crippen molar-refractivity contribution in [3.63, 3.8) is 0 Å². The Balaban J connectivity index is 2.28. The van der Waals surface area contributed by atoms with Gasteiger partial charge in [-0.2, -0.15) is 0 Å². The average molecular weight is 215 g/mol. The van der Waals surface area contributed by atoms with Crippen molar-refractivity contribution in [3.8, 4) is 0 Å². The van der Waals surface area contributed by atoms with E-state index in [1.54, 1.807) is 6.08 Å². The smallest absolute Gasteiger partial charge is 0.254 e. The van der Waals surface area contributed by atoms with E-state index in [4.69, 9.17) is 0 Å². The van der Waals surface area contributed by atoms with Crippen LogP contribution in [0.1, 0.15) is 35.3 Å². The van der Waals surface area contributed by atoms with Gasteiger partial charge in [-0.3, -0.25) is 4.79 Å². The van der Waals surface area contributed by atoms with Crippen LogP contribution in [0.4, 0.5) is 0 Å². The molecule has 2 nitrogen and oxygen atoms in total. The Morgan fingerprint density at radius 2 is 2.25 bits per heavy atom. The van der Waals surface area contributed by atoms with Crippen LogP contribution >= 0.6 is 0 Å². The van der Waals surface area contributed by atoms with E-state index in [1.165, 1.54) is 0 Å². The Kier molecular flexibility index (Phi) is 2.82. The second-order valence-electron chi connectivity index (χ2n) is 4.70. The highest BCUT2D eigenvalue weighted by atomic mass is 16.2. The third kappa shape index (κ3) is 1.87. The number of nitrogens with zero attached hydrogens (tertiary/aromatic N) is 1. The maximum atomic E-state index is 12.1. The number of amides is 1. The summed E-state index contributed by atoms with van der Waals surface area (Å²) in [6, 6.07) is 5.98. The molecule has 0 saturated heterocycles. The molecule has 0 fully saturated rings. The molecule has 1 aromatic rings. The summed E-state index contributed by atoms with van der Waals surface area (Å²) in [5, 5.41) is 0. The van der Waals surface area contributed by atoms with E-state index in [0.29, 0.717) is 5.92 Å². The van der Waals surface area contributed by atoms with Crippen LogP contribution in [-0.4, -0.2) is 17.4 Å². The predicted octanol–water partition coefficient (Wildman–Crippen LogP) is 2.94. The van der Waals surface area contributed by atoms with Crippen LogP contribution in [0.15, 0.2) is 24.8 Å². The predicted molar refractivity (Wildman–Crippen MR) is 66.1 cm³/mol. The largest absolute Gasteiger partial charge is 0.334 e. The third-order valence-electron chi connectivity index (χ3n) is 2.83. The van der Waals surface area contributed by atoms with Gasteiger partial charge in [0.2, 0.25) is 0 Å². The van der Waals surface area contributed by atoms with Gasteiger partial charge in [-0.1, -0.05) is 38.6 Å². The summed E-state index contributed by atoms with van der Waals surface area (Å²) in [4.78, 5) is 14.0. The van der Waals surface area contributed by atoms with Crippen molar-refractivity contribution in [2.24, 2.45) is 5.92 Å². The molecule has 0 spiro atoms. The zero-order valence-electron chi connectivity index (χ0n) is 9.86. The van der Waals surface area contributed by atoms with Crippen molar-refractivity contribution in [3.05, 3.63) is 41.5 Å². The van der Waals surface area contributed by atoms with Crippen molar-refractivity contribution < 1.29 is 4.79 Å². The maximum Gasteiger partial charge on any atom is 0.254 e. The van der Waals surface area contributed by atoms with Gasteiger partial charge in [0.15, 0.2) is 0 Å². The fourth-order valence-electron chi connectivity index (χ4n) is 2.09. The Morgan fingerprint density at radius 1 is 1.50 bits per heavy atom. The quantitative estimate of drug-likeness (QED) is 0.759. The molecule has 1 heterocycles. The Labute approximate surface area is 96.6 Å². The number of fused-ring (bicyclic) bond motifs is 1. The minimum absolute atomic E-state index is 0.160. The fraction of sp³-hybridized carbons (Fsp3) is 0.357. The number of carbonyl (C=O) groups is 1. The van der Waals surface area contributed by atoms with E-state index in [-0.39, 0.29) is 5.91 Å². The van der Waals surface area contributed by atoms with Gasteiger partial charge in [-0.15, -0.1) is 0 Å². The van der Waals surface area contributed by atoms with E-state index in [2.05, 4.69) is 20.4 Å². The molecule has 1 amide bonds. The van der Waals surface area contributed by atoms with Crippen LogP contribution in [0.5, 0.6) is 0 Å². The molecule has 0 N–H and O–H groups in total. The van der Waals surface area contributed by atoms with E-state index in [1.807, 2.05) is 23.1 Å². The highest BCUT2D eigenvalue weighted by molar-refractivity contribution is 5.98. The first kappa shape index (κ1) is 10.9. The van der Waals surface area contributed by atoms with Crippen molar-refractivity contribution >= 4 is 12.0 Å². The monoisotopic (exact) mass is 215 g/mol. The molecule has 0 unspecified atom stereocenters. The zero-order chi connectivity index (χ0) is 11.7. The summed E-state index contributed by atoms with van der Waals surface area (Å²) < 4.78 is 0. The second-order valence-corrected chi connectivity index (χ2v) is 4.70. The van der Waals surface area contributed by atoms with Gasteiger partial charge >= 0.3 is 0 Å². The van der Waals surface area contributed by atoms with Crippen molar-refractivity contribution in [1.29, 1.82) is 0 Å². The number of hydrogen-bond donors (Lipinski definition) is 0. The molecule has 1 aromatic carbocycles. The SMILES string of the molecule is C=Cc1ccc2c(c1)C(=O)N(CC(C)C)C2. The minimum Gasteiger partial charge on any atom is -0.334 e. The molecular weight excluding hydrogens is 198 g/mol. The molecule has 1 aliphatic rings. The first-order valence-electron chi connectivity index (χ1n) is 5.66. The van der Waals surface area contributed by atoms with Gasteiger partial charge in [0.1, 0.15) is 0 Å². The van der Waals surface area contributed by atoms with E-state index < -0.39 is 0 Å².